The molecule has 0 unspecified atom stereocenters. The average Bonchev–Trinajstić information content (AvgIpc) is 2.60. The molecule has 8 heteroatoms. The maximum Gasteiger partial charge on any atom is 0.416 e. The van der Waals surface area contributed by atoms with Crippen molar-refractivity contribution in [3.05, 3.63) is 65.2 Å². The Morgan fingerprint density at radius 1 is 1.19 bits per heavy atom. The van der Waals surface area contributed by atoms with Crippen LogP contribution in [0.5, 0.6) is 0 Å². The number of rotatable bonds is 4. The number of hydrogen-bond acceptors (Lipinski definition) is 4. The van der Waals surface area contributed by atoms with E-state index in [4.69, 9.17) is 9.05 Å². The molecule has 1 fully saturated rings. The van der Waals surface area contributed by atoms with Crippen LogP contribution in [-0.4, -0.2) is 12.7 Å². The quantitative estimate of drug-likeness (QED) is 0.627. The molecule has 27 heavy (non-hydrogen) atoms. The first-order valence-electron chi connectivity index (χ1n) is 8.60. The lowest BCUT2D eigenvalue weighted by Gasteiger charge is -2.34. The van der Waals surface area contributed by atoms with Gasteiger partial charge in [-0.2, -0.15) is 13.2 Å². The van der Waals surface area contributed by atoms with Crippen molar-refractivity contribution in [3.8, 4) is 0 Å². The van der Waals surface area contributed by atoms with E-state index in [-0.39, 0.29) is 18.4 Å². The molecule has 1 aliphatic heterocycles. The highest BCUT2D eigenvalue weighted by Crippen LogP contribution is 2.63. The SMILES string of the molecule is Cc1ccc([C@H](Nc2cccc(C(F)(F)F)c2)[P@@]2(=O)OCC[C@@H](C)O2)cc1. The van der Waals surface area contributed by atoms with Gasteiger partial charge in [-0.25, -0.2) is 0 Å². The number of hydrogen-bond donors (Lipinski definition) is 1. The number of aryl methyl sites for hydroxylation is 1. The zero-order valence-corrected chi connectivity index (χ0v) is 15.9. The second-order valence-corrected chi connectivity index (χ2v) is 8.68. The van der Waals surface area contributed by atoms with Crippen molar-refractivity contribution >= 4 is 13.3 Å². The molecule has 1 aliphatic rings. The molecule has 0 saturated carbocycles. The fraction of sp³-hybridized carbons (Fsp3) is 0.368. The Balaban J connectivity index is 1.98. The Bertz CT molecular complexity index is 839. The van der Waals surface area contributed by atoms with Gasteiger partial charge in [0.05, 0.1) is 18.3 Å². The predicted molar refractivity (Wildman–Crippen MR) is 97.7 cm³/mol. The van der Waals surface area contributed by atoms with E-state index >= 15 is 0 Å². The molecular formula is C19H21F3NO3P. The molecule has 2 aromatic rings. The highest BCUT2D eigenvalue weighted by Gasteiger charge is 2.41. The highest BCUT2D eigenvalue weighted by atomic mass is 31.2. The van der Waals surface area contributed by atoms with Gasteiger partial charge in [-0.1, -0.05) is 35.9 Å². The lowest BCUT2D eigenvalue weighted by atomic mass is 10.1. The summed E-state index contributed by atoms with van der Waals surface area (Å²) in [4.78, 5) is 0. The van der Waals surface area contributed by atoms with Crippen LogP contribution < -0.4 is 5.32 Å². The fourth-order valence-corrected chi connectivity index (χ4v) is 5.00. The van der Waals surface area contributed by atoms with E-state index in [1.807, 2.05) is 19.1 Å². The minimum absolute atomic E-state index is 0.191. The minimum Gasteiger partial charge on any atom is -0.368 e. The molecule has 146 valence electrons. The molecule has 3 atom stereocenters. The van der Waals surface area contributed by atoms with Crippen molar-refractivity contribution in [2.24, 2.45) is 0 Å². The summed E-state index contributed by atoms with van der Waals surface area (Å²) in [5.74, 6) is -0.913. The third kappa shape index (κ3) is 4.72. The summed E-state index contributed by atoms with van der Waals surface area (Å²) >= 11 is 0. The smallest absolute Gasteiger partial charge is 0.368 e. The average molecular weight is 399 g/mol. The van der Waals surface area contributed by atoms with E-state index in [2.05, 4.69) is 5.32 Å². The van der Waals surface area contributed by atoms with Gasteiger partial charge in [-0.3, -0.25) is 4.57 Å². The normalized spacial score (nSPS) is 24.4. The molecule has 0 radical (unpaired) electrons. The van der Waals surface area contributed by atoms with Crippen molar-refractivity contribution in [1.82, 2.24) is 0 Å². The van der Waals surface area contributed by atoms with Crippen LogP contribution in [0.4, 0.5) is 18.9 Å². The number of alkyl halides is 3. The molecule has 0 bridgehead atoms. The Kier molecular flexibility index (Phi) is 5.65. The van der Waals surface area contributed by atoms with Gasteiger partial charge >= 0.3 is 13.8 Å². The maximum atomic E-state index is 13.4. The lowest BCUT2D eigenvalue weighted by Crippen LogP contribution is -2.23. The van der Waals surface area contributed by atoms with E-state index in [1.165, 1.54) is 12.1 Å². The molecular weight excluding hydrogens is 378 g/mol. The van der Waals surface area contributed by atoms with Crippen LogP contribution in [0.3, 0.4) is 0 Å². The molecule has 1 saturated heterocycles. The van der Waals surface area contributed by atoms with Gasteiger partial charge in [0, 0.05) is 5.69 Å². The molecule has 2 aromatic carbocycles. The monoisotopic (exact) mass is 399 g/mol. The van der Waals surface area contributed by atoms with E-state index in [0.29, 0.717) is 12.0 Å². The Morgan fingerprint density at radius 2 is 1.89 bits per heavy atom. The second kappa shape index (κ2) is 7.66. The number of halogens is 3. The lowest BCUT2D eigenvalue weighted by molar-refractivity contribution is -0.137. The maximum absolute atomic E-state index is 13.4. The van der Waals surface area contributed by atoms with Crippen LogP contribution >= 0.6 is 7.60 Å². The highest BCUT2D eigenvalue weighted by molar-refractivity contribution is 7.54. The van der Waals surface area contributed by atoms with Crippen molar-refractivity contribution in [3.63, 3.8) is 0 Å². The Labute approximate surface area is 156 Å². The fourth-order valence-electron chi connectivity index (χ4n) is 2.85. The molecule has 0 amide bonds. The van der Waals surface area contributed by atoms with Gasteiger partial charge < -0.3 is 14.4 Å². The van der Waals surface area contributed by atoms with Crippen LogP contribution in [-0.2, 0) is 19.8 Å². The molecule has 3 rings (SSSR count). The molecule has 0 aliphatic carbocycles. The number of benzene rings is 2. The largest absolute Gasteiger partial charge is 0.416 e. The van der Waals surface area contributed by atoms with E-state index in [0.717, 1.165) is 17.7 Å². The first-order chi connectivity index (χ1) is 12.7. The molecule has 0 aromatic heterocycles. The summed E-state index contributed by atoms with van der Waals surface area (Å²) in [6.07, 6.45) is -4.12. The molecule has 0 spiro atoms. The van der Waals surface area contributed by atoms with Crippen LogP contribution in [0.1, 0.15) is 35.8 Å². The van der Waals surface area contributed by atoms with Crippen LogP contribution in [0.25, 0.3) is 0 Å². The molecule has 1 heterocycles. The summed E-state index contributed by atoms with van der Waals surface area (Å²) in [6.45, 7) is 3.98. The second-order valence-electron chi connectivity index (χ2n) is 6.61. The van der Waals surface area contributed by atoms with Crippen LogP contribution in [0.15, 0.2) is 48.5 Å². The first-order valence-corrected chi connectivity index (χ1v) is 10.2. The Morgan fingerprint density at radius 3 is 2.52 bits per heavy atom. The summed E-state index contributed by atoms with van der Waals surface area (Å²) in [5.41, 5.74) is 1.03. The molecule has 4 nitrogen and oxygen atoms in total. The van der Waals surface area contributed by atoms with Crippen molar-refractivity contribution in [2.75, 3.05) is 11.9 Å². The van der Waals surface area contributed by atoms with Gasteiger partial charge in [0.15, 0.2) is 5.78 Å². The van der Waals surface area contributed by atoms with E-state index < -0.39 is 25.1 Å². The van der Waals surface area contributed by atoms with E-state index in [9.17, 15) is 17.7 Å². The number of nitrogens with one attached hydrogen (secondary N) is 1. The minimum atomic E-state index is -4.46. The number of anilines is 1. The zero-order valence-electron chi connectivity index (χ0n) is 15.0. The zero-order chi connectivity index (χ0) is 19.7. The molecule has 1 N–H and O–H groups in total. The van der Waals surface area contributed by atoms with Crippen LogP contribution in [0, 0.1) is 6.92 Å². The topological polar surface area (TPSA) is 47.6 Å². The first kappa shape index (κ1) is 19.9. The summed E-state index contributed by atoms with van der Waals surface area (Å²) in [7, 11) is -3.63. The predicted octanol–water partition coefficient (Wildman–Crippen LogP) is 6.14. The van der Waals surface area contributed by atoms with Crippen molar-refractivity contribution in [1.29, 1.82) is 0 Å². The standard InChI is InChI=1S/C19H21F3NO3P/c1-13-6-8-15(9-7-13)18(27(24)25-11-10-14(2)26-27)23-17-5-3-4-16(12-17)19(20,21)22/h3-9,12,14,18,23H,10-11H2,1-2H3/t14-,18-,27-/m1/s1. The summed E-state index contributed by atoms with van der Waals surface area (Å²) in [6, 6.07) is 12.0. The van der Waals surface area contributed by atoms with Crippen molar-refractivity contribution in [2.45, 2.75) is 38.3 Å². The third-order valence-electron chi connectivity index (χ3n) is 4.33. The van der Waals surface area contributed by atoms with Gasteiger partial charge in [-0.05, 0) is 44.0 Å². The van der Waals surface area contributed by atoms with Gasteiger partial charge in [0.2, 0.25) is 0 Å². The summed E-state index contributed by atoms with van der Waals surface area (Å²) in [5, 5.41) is 2.94. The van der Waals surface area contributed by atoms with Gasteiger partial charge in [0.25, 0.3) is 0 Å². The summed E-state index contributed by atoms with van der Waals surface area (Å²) < 4.78 is 63.6. The van der Waals surface area contributed by atoms with Crippen molar-refractivity contribution < 1.29 is 26.8 Å². The Hall–Kier alpha value is -1.82. The van der Waals surface area contributed by atoms with Crippen LogP contribution in [0.2, 0.25) is 0 Å². The third-order valence-corrected chi connectivity index (χ3v) is 6.58. The van der Waals surface area contributed by atoms with E-state index in [1.54, 1.807) is 19.1 Å². The van der Waals surface area contributed by atoms with Gasteiger partial charge in [0.1, 0.15) is 0 Å². The van der Waals surface area contributed by atoms with Gasteiger partial charge in [-0.15, -0.1) is 0 Å².